The number of thiazole rings is 1. The van der Waals surface area contributed by atoms with Crippen LogP contribution in [0.4, 0.5) is 5.13 Å². The van der Waals surface area contributed by atoms with Gasteiger partial charge in [0.05, 0.1) is 12.2 Å². The molecule has 0 saturated heterocycles. The minimum absolute atomic E-state index is 0.561. The fourth-order valence-corrected chi connectivity index (χ4v) is 3.07. The largest absolute Gasteiger partial charge is 0.357 e. The zero-order chi connectivity index (χ0) is 17.4. The van der Waals surface area contributed by atoms with Crippen molar-refractivity contribution in [3.63, 3.8) is 0 Å². The third-order valence-electron chi connectivity index (χ3n) is 3.31. The van der Waals surface area contributed by atoms with Crippen LogP contribution in [0, 0.1) is 0 Å². The average Bonchev–Trinajstić information content (AvgIpc) is 3.03. The summed E-state index contributed by atoms with van der Waals surface area (Å²) in [5, 5.41) is 10.4. The molecule has 24 heavy (non-hydrogen) atoms. The van der Waals surface area contributed by atoms with E-state index in [1.54, 1.807) is 11.3 Å². The quantitative estimate of drug-likeness (QED) is 0.584. The van der Waals surface area contributed by atoms with Crippen molar-refractivity contribution in [2.24, 2.45) is 4.99 Å². The summed E-state index contributed by atoms with van der Waals surface area (Å²) in [5.41, 5.74) is 2.12. The molecule has 2 N–H and O–H groups in total. The van der Waals surface area contributed by atoms with Crippen molar-refractivity contribution in [3.05, 3.63) is 45.9 Å². The molecule has 0 spiro atoms. The Bertz CT molecular complexity index is 669. The average molecular weight is 366 g/mol. The van der Waals surface area contributed by atoms with Gasteiger partial charge in [0.15, 0.2) is 11.1 Å². The Labute approximate surface area is 152 Å². The second-order valence-electron chi connectivity index (χ2n) is 5.48. The van der Waals surface area contributed by atoms with Crippen LogP contribution in [0.15, 0.2) is 34.6 Å². The molecule has 0 saturated carbocycles. The summed E-state index contributed by atoms with van der Waals surface area (Å²) >= 11 is 7.81. The van der Waals surface area contributed by atoms with Gasteiger partial charge in [0, 0.05) is 37.6 Å². The van der Waals surface area contributed by atoms with Crippen molar-refractivity contribution in [2.45, 2.75) is 19.9 Å². The van der Waals surface area contributed by atoms with Crippen LogP contribution < -0.4 is 15.5 Å². The Balaban J connectivity index is 1.89. The van der Waals surface area contributed by atoms with Crippen LogP contribution in [0.25, 0.3) is 0 Å². The van der Waals surface area contributed by atoms with Gasteiger partial charge >= 0.3 is 0 Å². The van der Waals surface area contributed by atoms with E-state index in [1.807, 2.05) is 48.6 Å². The summed E-state index contributed by atoms with van der Waals surface area (Å²) in [6.45, 7) is 4.21. The lowest BCUT2D eigenvalue weighted by Gasteiger charge is -2.11. The van der Waals surface area contributed by atoms with E-state index in [-0.39, 0.29) is 0 Å². The molecule has 0 amide bonds. The number of hydrogen-bond donors (Lipinski definition) is 2. The maximum atomic E-state index is 6.19. The molecular formula is C17H24ClN5S. The maximum Gasteiger partial charge on any atom is 0.191 e. The normalized spacial score (nSPS) is 11.4. The maximum absolute atomic E-state index is 6.19. The third kappa shape index (κ3) is 5.69. The minimum Gasteiger partial charge on any atom is -0.357 e. The molecule has 1 aromatic carbocycles. The molecule has 0 unspecified atom stereocenters. The van der Waals surface area contributed by atoms with E-state index in [2.05, 4.69) is 27.5 Å². The van der Waals surface area contributed by atoms with Crippen molar-refractivity contribution in [1.29, 1.82) is 0 Å². The summed E-state index contributed by atoms with van der Waals surface area (Å²) in [6.07, 6.45) is 0.853. The van der Waals surface area contributed by atoms with E-state index in [0.29, 0.717) is 6.54 Å². The van der Waals surface area contributed by atoms with E-state index in [4.69, 9.17) is 11.6 Å². The number of aliphatic imine (C=N–C) groups is 1. The highest BCUT2D eigenvalue weighted by molar-refractivity contribution is 7.13. The number of nitrogens with one attached hydrogen (secondary N) is 2. The van der Waals surface area contributed by atoms with Gasteiger partial charge < -0.3 is 15.5 Å². The third-order valence-corrected chi connectivity index (χ3v) is 4.74. The van der Waals surface area contributed by atoms with E-state index in [1.165, 1.54) is 0 Å². The highest BCUT2D eigenvalue weighted by Gasteiger charge is 2.04. The molecule has 0 atom stereocenters. The van der Waals surface area contributed by atoms with Crippen LogP contribution in [0.2, 0.25) is 5.02 Å². The topological polar surface area (TPSA) is 52.6 Å². The first-order valence-corrected chi connectivity index (χ1v) is 9.23. The SMILES string of the molecule is CCNC(=NCc1csc(N(C)C)n1)NCCc1ccccc1Cl. The van der Waals surface area contributed by atoms with Crippen molar-refractivity contribution in [1.82, 2.24) is 15.6 Å². The van der Waals surface area contributed by atoms with Gasteiger partial charge in [-0.15, -0.1) is 11.3 Å². The Hall–Kier alpha value is -1.79. The van der Waals surface area contributed by atoms with Crippen LogP contribution in [-0.2, 0) is 13.0 Å². The molecule has 0 fully saturated rings. The van der Waals surface area contributed by atoms with Crippen LogP contribution in [0.5, 0.6) is 0 Å². The minimum atomic E-state index is 0.561. The van der Waals surface area contributed by atoms with Crippen molar-refractivity contribution in [3.8, 4) is 0 Å². The van der Waals surface area contributed by atoms with Gasteiger partial charge in [0.1, 0.15) is 0 Å². The van der Waals surface area contributed by atoms with E-state index >= 15 is 0 Å². The highest BCUT2D eigenvalue weighted by Crippen LogP contribution is 2.18. The number of halogens is 1. The number of benzene rings is 1. The highest BCUT2D eigenvalue weighted by atomic mass is 35.5. The van der Waals surface area contributed by atoms with Crippen molar-refractivity contribution in [2.75, 3.05) is 32.1 Å². The fourth-order valence-electron chi connectivity index (χ4n) is 2.09. The van der Waals surface area contributed by atoms with Gasteiger partial charge in [-0.25, -0.2) is 9.98 Å². The van der Waals surface area contributed by atoms with Crippen LogP contribution in [0.3, 0.4) is 0 Å². The van der Waals surface area contributed by atoms with Crippen molar-refractivity contribution >= 4 is 34.0 Å². The van der Waals surface area contributed by atoms with Gasteiger partial charge in [0.2, 0.25) is 0 Å². The molecule has 0 aliphatic carbocycles. The lowest BCUT2D eigenvalue weighted by molar-refractivity contribution is 0.797. The summed E-state index contributed by atoms with van der Waals surface area (Å²) in [6, 6.07) is 7.92. The number of nitrogens with zero attached hydrogens (tertiary/aromatic N) is 3. The molecular weight excluding hydrogens is 342 g/mol. The van der Waals surface area contributed by atoms with E-state index in [0.717, 1.165) is 46.9 Å². The van der Waals surface area contributed by atoms with Gasteiger partial charge in [-0.05, 0) is 25.0 Å². The van der Waals surface area contributed by atoms with E-state index < -0.39 is 0 Å². The monoisotopic (exact) mass is 365 g/mol. The van der Waals surface area contributed by atoms with Crippen molar-refractivity contribution < 1.29 is 0 Å². The summed E-state index contributed by atoms with van der Waals surface area (Å²) in [4.78, 5) is 11.1. The Morgan fingerprint density at radius 3 is 2.75 bits per heavy atom. The molecule has 130 valence electrons. The second kappa shape index (κ2) is 9.49. The van der Waals surface area contributed by atoms with Gasteiger partial charge in [-0.3, -0.25) is 0 Å². The lowest BCUT2D eigenvalue weighted by atomic mass is 10.1. The summed E-state index contributed by atoms with van der Waals surface area (Å²) in [7, 11) is 3.98. The number of guanidine groups is 1. The Morgan fingerprint density at radius 2 is 2.08 bits per heavy atom. The first-order valence-electron chi connectivity index (χ1n) is 7.97. The molecule has 0 bridgehead atoms. The first kappa shape index (κ1) is 18.5. The van der Waals surface area contributed by atoms with Crippen LogP contribution in [0.1, 0.15) is 18.2 Å². The number of hydrogen-bond acceptors (Lipinski definition) is 4. The molecule has 0 radical (unpaired) electrons. The summed E-state index contributed by atoms with van der Waals surface area (Å²) < 4.78 is 0. The van der Waals surface area contributed by atoms with Gasteiger partial charge in [-0.2, -0.15) is 0 Å². The molecule has 2 aromatic rings. The predicted molar refractivity (Wildman–Crippen MR) is 104 cm³/mol. The molecule has 0 aliphatic rings. The molecule has 1 heterocycles. The fraction of sp³-hybridized carbons (Fsp3) is 0.412. The lowest BCUT2D eigenvalue weighted by Crippen LogP contribution is -2.38. The molecule has 1 aromatic heterocycles. The Kier molecular flexibility index (Phi) is 7.34. The zero-order valence-corrected chi connectivity index (χ0v) is 15.9. The van der Waals surface area contributed by atoms with E-state index in [9.17, 15) is 0 Å². The van der Waals surface area contributed by atoms with Gasteiger partial charge in [0.25, 0.3) is 0 Å². The number of rotatable bonds is 7. The Morgan fingerprint density at radius 1 is 1.29 bits per heavy atom. The second-order valence-corrected chi connectivity index (χ2v) is 6.72. The standard InChI is InChI=1S/C17H24ClN5S/c1-4-19-16(20-10-9-13-7-5-6-8-15(13)18)21-11-14-12-24-17(22-14)23(2)3/h5-8,12H,4,9-11H2,1-3H3,(H2,19,20,21). The number of aromatic nitrogens is 1. The smallest absolute Gasteiger partial charge is 0.191 e. The van der Waals surface area contributed by atoms with Crippen LogP contribution in [-0.4, -0.2) is 38.1 Å². The first-order chi connectivity index (χ1) is 11.6. The number of anilines is 1. The molecule has 2 rings (SSSR count). The molecule has 5 nitrogen and oxygen atoms in total. The summed E-state index contributed by atoms with van der Waals surface area (Å²) in [5.74, 6) is 0.795. The zero-order valence-electron chi connectivity index (χ0n) is 14.3. The van der Waals surface area contributed by atoms with Gasteiger partial charge in [-0.1, -0.05) is 29.8 Å². The predicted octanol–water partition coefficient (Wildman–Crippen LogP) is 3.16. The molecule has 7 heteroatoms. The molecule has 0 aliphatic heterocycles. The van der Waals surface area contributed by atoms with Crippen LogP contribution >= 0.6 is 22.9 Å².